The van der Waals surface area contributed by atoms with E-state index >= 15 is 4.57 Å². The molecule has 1 aliphatic heterocycles. The van der Waals surface area contributed by atoms with Crippen LogP contribution in [0.25, 0.3) is 0 Å². The van der Waals surface area contributed by atoms with Crippen LogP contribution in [0.2, 0.25) is 5.02 Å². The van der Waals surface area contributed by atoms with E-state index in [0.717, 1.165) is 22.3 Å². The van der Waals surface area contributed by atoms with Crippen LogP contribution in [-0.4, -0.2) is 5.79 Å². The first-order valence-corrected chi connectivity index (χ1v) is 14.3. The van der Waals surface area contributed by atoms with Crippen LogP contribution in [0, 0.1) is 27.7 Å². The van der Waals surface area contributed by atoms with Gasteiger partial charge < -0.3 is 18.8 Å². The van der Waals surface area contributed by atoms with E-state index < -0.39 is 12.9 Å². The van der Waals surface area contributed by atoms with Gasteiger partial charge in [0.25, 0.3) is 0 Å². The Kier molecular flexibility index (Phi) is 6.38. The van der Waals surface area contributed by atoms with Gasteiger partial charge in [-0.1, -0.05) is 64.2 Å². The van der Waals surface area contributed by atoms with Crippen molar-refractivity contribution in [1.82, 2.24) is 0 Å². The second-order valence-corrected chi connectivity index (χ2v) is 13.3. The Morgan fingerprint density at radius 3 is 1.73 bits per heavy atom. The van der Waals surface area contributed by atoms with Gasteiger partial charge in [0.15, 0.2) is 18.6 Å². The summed E-state index contributed by atoms with van der Waals surface area (Å²) in [4.78, 5) is 0. The zero-order valence-electron chi connectivity index (χ0n) is 21.9. The summed E-state index contributed by atoms with van der Waals surface area (Å²) in [7, 11) is -3.48. The van der Waals surface area contributed by atoms with Crippen LogP contribution in [0.1, 0.15) is 36.1 Å². The molecule has 1 heterocycles. The summed E-state index contributed by atoms with van der Waals surface area (Å²) in [5.74, 6) is 0.807. The minimum absolute atomic E-state index is 0.266. The molecule has 0 spiro atoms. The first kappa shape index (κ1) is 25.4. The number of fused-ring (bicyclic) bond motifs is 1. The third kappa shape index (κ3) is 4.77. The summed E-state index contributed by atoms with van der Waals surface area (Å²) in [5, 5.41) is 2.14. The standard InChI is InChI=1S/C31H30ClO4P/c1-19-12-20(2)15-24(14-19)37(33,25-16-21(3)13-22(4)17-25)27-18-26(34-23-10-8-7-9-11-23)29-30(28(27)32)36-31(5,6)35-29/h7-18H,1-6H3. The van der Waals surface area contributed by atoms with Crippen LogP contribution < -0.4 is 30.1 Å². The van der Waals surface area contributed by atoms with Crippen LogP contribution in [0.15, 0.2) is 72.8 Å². The van der Waals surface area contributed by atoms with Gasteiger partial charge in [-0.05, 0) is 70.2 Å². The Bertz CT molecular complexity index is 1460. The Morgan fingerprint density at radius 1 is 0.730 bits per heavy atom. The van der Waals surface area contributed by atoms with Crippen LogP contribution in [0.4, 0.5) is 0 Å². The van der Waals surface area contributed by atoms with Crippen molar-refractivity contribution in [3.05, 3.63) is 100 Å². The number of para-hydroxylation sites is 1. The lowest BCUT2D eigenvalue weighted by atomic mass is 10.2. The number of ether oxygens (including phenoxy) is 3. The van der Waals surface area contributed by atoms with Crippen LogP contribution in [0.3, 0.4) is 0 Å². The Morgan fingerprint density at radius 2 is 1.22 bits per heavy atom. The molecular formula is C31H30ClO4P. The summed E-state index contributed by atoms with van der Waals surface area (Å²) >= 11 is 7.07. The zero-order valence-corrected chi connectivity index (χ0v) is 23.5. The third-order valence-corrected chi connectivity index (χ3v) is 9.78. The molecule has 4 aromatic rings. The minimum atomic E-state index is -3.48. The van der Waals surface area contributed by atoms with Gasteiger partial charge in [-0.3, -0.25) is 0 Å². The van der Waals surface area contributed by atoms with E-state index in [2.05, 4.69) is 12.1 Å². The molecule has 0 radical (unpaired) electrons. The van der Waals surface area contributed by atoms with Gasteiger partial charge >= 0.3 is 0 Å². The average Bonchev–Trinajstić information content (AvgIpc) is 3.16. The first-order valence-electron chi connectivity index (χ1n) is 12.2. The molecule has 0 unspecified atom stereocenters. The quantitative estimate of drug-likeness (QED) is 0.249. The second-order valence-electron chi connectivity index (χ2n) is 10.2. The van der Waals surface area contributed by atoms with Gasteiger partial charge in [0, 0.05) is 29.8 Å². The van der Waals surface area contributed by atoms with Gasteiger partial charge in [0.05, 0.1) is 5.02 Å². The summed E-state index contributed by atoms with van der Waals surface area (Å²) in [6.07, 6.45) is 0. The summed E-state index contributed by atoms with van der Waals surface area (Å²) in [6, 6.07) is 23.2. The fourth-order valence-corrected chi connectivity index (χ4v) is 8.50. The Hall–Kier alpha value is -3.20. The van der Waals surface area contributed by atoms with E-state index in [0.29, 0.717) is 38.9 Å². The molecule has 0 N–H and O–H groups in total. The van der Waals surface area contributed by atoms with Crippen molar-refractivity contribution in [1.29, 1.82) is 0 Å². The molecule has 0 amide bonds. The number of aryl methyl sites for hydroxylation is 4. The molecule has 0 atom stereocenters. The maximum absolute atomic E-state index is 15.6. The summed E-state index contributed by atoms with van der Waals surface area (Å²) in [5.41, 5.74) is 4.11. The van der Waals surface area contributed by atoms with Crippen molar-refractivity contribution >= 4 is 34.7 Å². The van der Waals surface area contributed by atoms with E-state index in [-0.39, 0.29) is 5.02 Å². The van der Waals surface area contributed by atoms with Gasteiger partial charge in [-0.2, -0.15) is 0 Å². The van der Waals surface area contributed by atoms with E-state index in [1.54, 1.807) is 6.07 Å². The molecule has 37 heavy (non-hydrogen) atoms. The van der Waals surface area contributed by atoms with Gasteiger partial charge in [0.1, 0.15) is 5.75 Å². The first-order chi connectivity index (χ1) is 17.5. The van der Waals surface area contributed by atoms with Crippen molar-refractivity contribution in [2.75, 3.05) is 0 Å². The monoisotopic (exact) mass is 532 g/mol. The van der Waals surface area contributed by atoms with Crippen molar-refractivity contribution in [2.45, 2.75) is 47.3 Å². The zero-order chi connectivity index (χ0) is 26.5. The molecule has 0 saturated heterocycles. The lowest BCUT2D eigenvalue weighted by molar-refractivity contribution is -0.0437. The molecule has 5 rings (SSSR count). The normalized spacial score (nSPS) is 14.0. The van der Waals surface area contributed by atoms with Crippen molar-refractivity contribution < 1.29 is 18.8 Å². The molecule has 0 aliphatic carbocycles. The molecule has 190 valence electrons. The van der Waals surface area contributed by atoms with E-state index in [9.17, 15) is 0 Å². The summed E-state index contributed by atoms with van der Waals surface area (Å²) in [6.45, 7) is 11.7. The van der Waals surface area contributed by atoms with E-state index in [1.165, 1.54) is 0 Å². The third-order valence-electron chi connectivity index (χ3n) is 6.27. The van der Waals surface area contributed by atoms with Crippen LogP contribution >= 0.6 is 18.7 Å². The smallest absolute Gasteiger partial charge is 0.246 e. The average molecular weight is 533 g/mol. The fourth-order valence-electron chi connectivity index (χ4n) is 4.89. The molecule has 4 nitrogen and oxygen atoms in total. The number of rotatable bonds is 5. The predicted octanol–water partition coefficient (Wildman–Crippen LogP) is 7.51. The molecular weight excluding hydrogens is 503 g/mol. The molecule has 0 fully saturated rings. The van der Waals surface area contributed by atoms with Crippen molar-refractivity contribution in [3.8, 4) is 23.0 Å². The van der Waals surface area contributed by atoms with E-state index in [4.69, 9.17) is 25.8 Å². The van der Waals surface area contributed by atoms with Crippen LogP contribution in [0.5, 0.6) is 23.0 Å². The lowest BCUT2D eigenvalue weighted by Crippen LogP contribution is -2.30. The minimum Gasteiger partial charge on any atom is -0.453 e. The topological polar surface area (TPSA) is 44.8 Å². The fraction of sp³-hybridized carbons (Fsp3) is 0.226. The highest BCUT2D eigenvalue weighted by atomic mass is 35.5. The molecule has 0 bridgehead atoms. The molecule has 4 aromatic carbocycles. The second kappa shape index (κ2) is 9.28. The van der Waals surface area contributed by atoms with Crippen LogP contribution in [-0.2, 0) is 4.57 Å². The maximum atomic E-state index is 15.6. The maximum Gasteiger partial charge on any atom is 0.246 e. The number of hydrogen-bond donors (Lipinski definition) is 0. The lowest BCUT2D eigenvalue weighted by Gasteiger charge is -2.24. The SMILES string of the molecule is Cc1cc(C)cc(P(=O)(c2cc(C)cc(C)c2)c2cc(Oc3ccccc3)c3c(c2Cl)OC(C)(C)O3)c1. The number of halogens is 1. The van der Waals surface area contributed by atoms with Gasteiger partial charge in [-0.25, -0.2) is 0 Å². The molecule has 0 aromatic heterocycles. The van der Waals surface area contributed by atoms with Gasteiger partial charge in [0.2, 0.25) is 11.5 Å². The van der Waals surface area contributed by atoms with Gasteiger partial charge in [-0.15, -0.1) is 0 Å². The molecule has 1 aliphatic rings. The highest BCUT2D eigenvalue weighted by Crippen LogP contribution is 2.55. The Balaban J connectivity index is 1.84. The predicted molar refractivity (Wildman–Crippen MR) is 152 cm³/mol. The highest BCUT2D eigenvalue weighted by molar-refractivity contribution is 7.85. The highest BCUT2D eigenvalue weighted by Gasteiger charge is 2.42. The number of hydrogen-bond acceptors (Lipinski definition) is 4. The number of benzene rings is 4. The van der Waals surface area contributed by atoms with Crippen molar-refractivity contribution in [2.24, 2.45) is 0 Å². The Labute approximate surface area is 223 Å². The summed E-state index contributed by atoms with van der Waals surface area (Å²) < 4.78 is 34.1. The molecule has 6 heteroatoms. The van der Waals surface area contributed by atoms with E-state index in [1.807, 2.05) is 96.1 Å². The van der Waals surface area contributed by atoms with Crippen molar-refractivity contribution in [3.63, 3.8) is 0 Å². The molecule has 0 saturated carbocycles. The largest absolute Gasteiger partial charge is 0.453 e.